The van der Waals surface area contributed by atoms with Crippen LogP contribution in [0.5, 0.6) is 0 Å². The topological polar surface area (TPSA) is 60.0 Å². The van der Waals surface area contributed by atoms with Crippen molar-refractivity contribution in [3.8, 4) is 0 Å². The minimum atomic E-state index is -4.34. The summed E-state index contributed by atoms with van der Waals surface area (Å²) in [6, 6.07) is 5.43. The highest BCUT2D eigenvalue weighted by Crippen LogP contribution is 2.31. The number of piperazine rings is 1. The number of nitrogens with one attached hydrogen (secondary N) is 2. The standard InChI is InChI=1S/C20H30F3N5O.HI/c1-19(2,3)17(29)25-8-9-26-18(24-4)28-12-10-27(11-13-28)16-7-5-6-15(14-16)20(21,22)23;/h5-7,14H,8-13H2,1-4H3,(H,24,26)(H,25,29);1H. The van der Waals surface area contributed by atoms with Gasteiger partial charge in [-0.2, -0.15) is 13.2 Å². The predicted molar refractivity (Wildman–Crippen MR) is 124 cm³/mol. The molecule has 0 unspecified atom stereocenters. The van der Waals surface area contributed by atoms with Crippen LogP contribution < -0.4 is 15.5 Å². The first-order valence-electron chi connectivity index (χ1n) is 9.68. The Morgan fingerprint density at radius 1 is 1.07 bits per heavy atom. The van der Waals surface area contributed by atoms with Gasteiger partial charge in [-0.15, -0.1) is 24.0 Å². The van der Waals surface area contributed by atoms with E-state index in [2.05, 4.69) is 20.5 Å². The van der Waals surface area contributed by atoms with Gasteiger partial charge >= 0.3 is 6.18 Å². The van der Waals surface area contributed by atoms with E-state index < -0.39 is 17.2 Å². The molecule has 0 spiro atoms. The Labute approximate surface area is 193 Å². The zero-order valence-electron chi connectivity index (χ0n) is 17.8. The molecule has 1 aromatic carbocycles. The average molecular weight is 541 g/mol. The van der Waals surface area contributed by atoms with Crippen LogP contribution in [0.25, 0.3) is 0 Å². The Balaban J connectivity index is 0.00000450. The van der Waals surface area contributed by atoms with E-state index in [-0.39, 0.29) is 29.9 Å². The number of benzene rings is 1. The molecule has 2 N–H and O–H groups in total. The molecule has 1 aliphatic heterocycles. The third-order valence-electron chi connectivity index (χ3n) is 4.70. The minimum Gasteiger partial charge on any atom is -0.368 e. The fourth-order valence-electron chi connectivity index (χ4n) is 3.00. The van der Waals surface area contributed by atoms with E-state index in [9.17, 15) is 18.0 Å². The molecule has 1 amide bonds. The lowest BCUT2D eigenvalue weighted by molar-refractivity contribution is -0.137. The smallest absolute Gasteiger partial charge is 0.368 e. The van der Waals surface area contributed by atoms with Crippen molar-refractivity contribution < 1.29 is 18.0 Å². The van der Waals surface area contributed by atoms with E-state index in [0.29, 0.717) is 45.0 Å². The number of hydrogen-bond donors (Lipinski definition) is 2. The molecule has 0 radical (unpaired) electrons. The molecule has 2 rings (SSSR count). The normalized spacial score (nSPS) is 15.5. The highest BCUT2D eigenvalue weighted by molar-refractivity contribution is 14.0. The van der Waals surface area contributed by atoms with Gasteiger partial charge in [0.05, 0.1) is 5.56 Å². The van der Waals surface area contributed by atoms with Gasteiger partial charge in [0, 0.05) is 57.4 Å². The molecule has 0 aliphatic carbocycles. The summed E-state index contributed by atoms with van der Waals surface area (Å²) in [6.07, 6.45) is -4.34. The van der Waals surface area contributed by atoms with Crippen LogP contribution in [-0.4, -0.2) is 63.1 Å². The van der Waals surface area contributed by atoms with Gasteiger partial charge in [0.1, 0.15) is 0 Å². The van der Waals surface area contributed by atoms with Gasteiger partial charge in [0.2, 0.25) is 5.91 Å². The lowest BCUT2D eigenvalue weighted by Crippen LogP contribution is -2.53. The fourth-order valence-corrected chi connectivity index (χ4v) is 3.00. The van der Waals surface area contributed by atoms with Gasteiger partial charge in [-0.05, 0) is 18.2 Å². The van der Waals surface area contributed by atoms with Gasteiger partial charge in [0.25, 0.3) is 0 Å². The molecule has 0 bridgehead atoms. The van der Waals surface area contributed by atoms with Crippen molar-refractivity contribution in [2.24, 2.45) is 10.4 Å². The maximum atomic E-state index is 12.9. The summed E-state index contributed by atoms with van der Waals surface area (Å²) >= 11 is 0. The van der Waals surface area contributed by atoms with E-state index in [0.717, 1.165) is 12.0 Å². The number of rotatable bonds is 4. The number of carbonyl (C=O) groups is 1. The molecule has 1 saturated heterocycles. The number of hydrogen-bond acceptors (Lipinski definition) is 3. The van der Waals surface area contributed by atoms with Gasteiger partial charge in [-0.25, -0.2) is 0 Å². The first kappa shape index (κ1) is 26.3. The van der Waals surface area contributed by atoms with Crippen molar-refractivity contribution in [2.45, 2.75) is 26.9 Å². The summed E-state index contributed by atoms with van der Waals surface area (Å²) in [5.74, 6) is 0.711. The molecule has 0 atom stereocenters. The largest absolute Gasteiger partial charge is 0.416 e. The third-order valence-corrected chi connectivity index (χ3v) is 4.70. The fraction of sp³-hybridized carbons (Fsp3) is 0.600. The molecule has 6 nitrogen and oxygen atoms in total. The Morgan fingerprint density at radius 2 is 1.67 bits per heavy atom. The monoisotopic (exact) mass is 541 g/mol. The summed E-state index contributed by atoms with van der Waals surface area (Å²) in [7, 11) is 1.69. The molecule has 0 saturated carbocycles. The van der Waals surface area contributed by atoms with E-state index in [1.807, 2.05) is 25.7 Å². The third kappa shape index (κ3) is 7.51. The number of carbonyl (C=O) groups excluding carboxylic acids is 1. The number of alkyl halides is 3. The summed E-state index contributed by atoms with van der Waals surface area (Å²) < 4.78 is 38.8. The average Bonchev–Trinajstić information content (AvgIpc) is 2.67. The number of aliphatic imine (C=N–C) groups is 1. The summed E-state index contributed by atoms with van der Waals surface area (Å²) in [5, 5.41) is 6.10. The van der Waals surface area contributed by atoms with Crippen LogP contribution in [-0.2, 0) is 11.0 Å². The second-order valence-electron chi connectivity index (χ2n) is 8.00. The van der Waals surface area contributed by atoms with Crippen LogP contribution in [0.2, 0.25) is 0 Å². The highest BCUT2D eigenvalue weighted by Gasteiger charge is 2.31. The molecule has 30 heavy (non-hydrogen) atoms. The molecular formula is C20H31F3IN5O. The molecule has 1 aromatic rings. The number of nitrogens with zero attached hydrogens (tertiary/aromatic N) is 3. The van der Waals surface area contributed by atoms with Crippen LogP contribution in [0.15, 0.2) is 29.3 Å². The molecular weight excluding hydrogens is 510 g/mol. The summed E-state index contributed by atoms with van der Waals surface area (Å²) in [4.78, 5) is 20.2. The second-order valence-corrected chi connectivity index (χ2v) is 8.00. The quantitative estimate of drug-likeness (QED) is 0.266. The van der Waals surface area contributed by atoms with Crippen LogP contribution >= 0.6 is 24.0 Å². The van der Waals surface area contributed by atoms with Crippen LogP contribution in [0.3, 0.4) is 0 Å². The van der Waals surface area contributed by atoms with Gasteiger partial charge in [0.15, 0.2) is 5.96 Å². The SMILES string of the molecule is CN=C(NCCNC(=O)C(C)(C)C)N1CCN(c2cccc(C(F)(F)F)c2)CC1.I. The molecule has 1 aliphatic rings. The molecule has 0 aromatic heterocycles. The first-order valence-corrected chi connectivity index (χ1v) is 9.68. The number of halogens is 4. The maximum Gasteiger partial charge on any atom is 0.416 e. The number of guanidine groups is 1. The molecule has 1 fully saturated rings. The summed E-state index contributed by atoms with van der Waals surface area (Å²) in [6.45, 7) is 9.09. The Hall–Kier alpha value is -1.72. The zero-order chi connectivity index (χ0) is 21.7. The molecule has 10 heteroatoms. The van der Waals surface area contributed by atoms with Gasteiger partial charge in [-0.3, -0.25) is 9.79 Å². The lowest BCUT2D eigenvalue weighted by atomic mass is 9.96. The molecule has 170 valence electrons. The van der Waals surface area contributed by atoms with Crippen molar-refractivity contribution in [1.29, 1.82) is 0 Å². The Morgan fingerprint density at radius 3 is 2.20 bits per heavy atom. The van der Waals surface area contributed by atoms with Crippen LogP contribution in [0.4, 0.5) is 18.9 Å². The van der Waals surface area contributed by atoms with E-state index >= 15 is 0 Å². The first-order chi connectivity index (χ1) is 13.5. The van der Waals surface area contributed by atoms with Gasteiger partial charge < -0.3 is 20.4 Å². The predicted octanol–water partition coefficient (Wildman–Crippen LogP) is 3.18. The number of amides is 1. The highest BCUT2D eigenvalue weighted by atomic mass is 127. The van der Waals surface area contributed by atoms with Gasteiger partial charge in [-0.1, -0.05) is 26.8 Å². The number of anilines is 1. The minimum absolute atomic E-state index is 0. The molecule has 1 heterocycles. The Kier molecular flexibility index (Phi) is 9.70. The van der Waals surface area contributed by atoms with Crippen molar-refractivity contribution in [2.75, 3.05) is 51.2 Å². The van der Waals surface area contributed by atoms with Crippen molar-refractivity contribution in [3.63, 3.8) is 0 Å². The van der Waals surface area contributed by atoms with Crippen LogP contribution in [0, 0.1) is 5.41 Å². The van der Waals surface area contributed by atoms with Crippen molar-refractivity contribution in [3.05, 3.63) is 29.8 Å². The van der Waals surface area contributed by atoms with E-state index in [1.54, 1.807) is 13.1 Å². The van der Waals surface area contributed by atoms with Crippen LogP contribution in [0.1, 0.15) is 26.3 Å². The Bertz CT molecular complexity index is 726. The van der Waals surface area contributed by atoms with E-state index in [1.165, 1.54) is 12.1 Å². The van der Waals surface area contributed by atoms with E-state index in [4.69, 9.17) is 0 Å². The van der Waals surface area contributed by atoms with Crippen molar-refractivity contribution in [1.82, 2.24) is 15.5 Å². The van der Waals surface area contributed by atoms with Crippen molar-refractivity contribution >= 4 is 41.5 Å². The zero-order valence-corrected chi connectivity index (χ0v) is 20.2. The maximum absolute atomic E-state index is 12.9. The summed E-state index contributed by atoms with van der Waals surface area (Å²) in [5.41, 5.74) is -0.485. The second kappa shape index (κ2) is 11.1. The lowest BCUT2D eigenvalue weighted by Gasteiger charge is -2.37.